The highest BCUT2D eigenvalue weighted by Gasteiger charge is 2.17. The van der Waals surface area contributed by atoms with Gasteiger partial charge < -0.3 is 0 Å². The molecule has 2 heterocycles. The maximum absolute atomic E-state index is 5.61. The van der Waals surface area contributed by atoms with Crippen molar-refractivity contribution in [2.75, 3.05) is 0 Å². The maximum Gasteiger partial charge on any atom is 0.0897 e. The Morgan fingerprint density at radius 1 is 1.47 bits per heavy atom. The average Bonchev–Trinajstić information content (AvgIpc) is 2.79. The molecule has 0 saturated heterocycles. The number of aryl methyl sites for hydroxylation is 2. The van der Waals surface area contributed by atoms with Gasteiger partial charge in [-0.3, -0.25) is 5.84 Å². The predicted octanol–water partition coefficient (Wildman–Crippen LogP) is 2.37. The number of hydrogen-bond acceptors (Lipinski definition) is 5. The van der Waals surface area contributed by atoms with E-state index in [4.69, 9.17) is 5.84 Å². The van der Waals surface area contributed by atoms with Crippen LogP contribution >= 0.6 is 22.7 Å². The molecule has 0 radical (unpaired) electrons. The van der Waals surface area contributed by atoms with Crippen LogP contribution in [-0.4, -0.2) is 4.98 Å². The van der Waals surface area contributed by atoms with Crippen LogP contribution in [0.3, 0.4) is 0 Å². The minimum absolute atomic E-state index is 0.0717. The predicted molar refractivity (Wildman–Crippen MR) is 65.1 cm³/mol. The summed E-state index contributed by atoms with van der Waals surface area (Å²) in [7, 11) is 0. The van der Waals surface area contributed by atoms with Gasteiger partial charge in [-0.05, 0) is 30.9 Å². The molecule has 1 unspecified atom stereocenters. The molecule has 0 fully saturated rings. The lowest BCUT2D eigenvalue weighted by Gasteiger charge is -2.13. The Balaban J connectivity index is 2.36. The van der Waals surface area contributed by atoms with Gasteiger partial charge >= 0.3 is 0 Å². The molecule has 1 atom stereocenters. The SMILES string of the molecule is Cc1ncc(C(NN)c2ccsc2C)s1. The molecule has 0 bridgehead atoms. The third-order valence-corrected chi connectivity index (χ3v) is 4.14. The quantitative estimate of drug-likeness (QED) is 0.638. The molecule has 3 nitrogen and oxygen atoms in total. The van der Waals surface area contributed by atoms with E-state index in [1.807, 2.05) is 13.1 Å². The lowest BCUT2D eigenvalue weighted by molar-refractivity contribution is 0.645. The molecule has 0 spiro atoms. The van der Waals surface area contributed by atoms with Gasteiger partial charge in [-0.15, -0.1) is 22.7 Å². The average molecular weight is 239 g/mol. The van der Waals surface area contributed by atoms with Crippen LogP contribution < -0.4 is 11.3 Å². The fourth-order valence-corrected chi connectivity index (χ4v) is 3.14. The molecule has 0 aliphatic carbocycles. The Bertz CT molecular complexity index is 447. The molecule has 0 aliphatic rings. The van der Waals surface area contributed by atoms with E-state index in [2.05, 4.69) is 28.8 Å². The van der Waals surface area contributed by atoms with E-state index < -0.39 is 0 Å². The van der Waals surface area contributed by atoms with Crippen LogP contribution in [0.4, 0.5) is 0 Å². The van der Waals surface area contributed by atoms with Crippen molar-refractivity contribution in [1.29, 1.82) is 0 Å². The summed E-state index contributed by atoms with van der Waals surface area (Å²) in [5, 5.41) is 3.15. The summed E-state index contributed by atoms with van der Waals surface area (Å²) in [6.07, 6.45) is 1.89. The number of rotatable bonds is 3. The molecular formula is C10H13N3S2. The van der Waals surface area contributed by atoms with E-state index in [-0.39, 0.29) is 6.04 Å². The number of nitrogens with zero attached hydrogens (tertiary/aromatic N) is 1. The minimum Gasteiger partial charge on any atom is -0.271 e. The second-order valence-electron chi connectivity index (χ2n) is 3.31. The fraction of sp³-hybridized carbons (Fsp3) is 0.300. The second kappa shape index (κ2) is 4.40. The summed E-state index contributed by atoms with van der Waals surface area (Å²) in [5.41, 5.74) is 4.09. The summed E-state index contributed by atoms with van der Waals surface area (Å²) < 4.78 is 0. The molecular weight excluding hydrogens is 226 g/mol. The molecule has 2 aromatic rings. The van der Waals surface area contributed by atoms with Gasteiger partial charge in [0.1, 0.15) is 0 Å². The smallest absolute Gasteiger partial charge is 0.0897 e. The van der Waals surface area contributed by atoms with Gasteiger partial charge in [0.2, 0.25) is 0 Å². The monoisotopic (exact) mass is 239 g/mol. The third kappa shape index (κ3) is 2.10. The molecule has 80 valence electrons. The van der Waals surface area contributed by atoms with Crippen molar-refractivity contribution < 1.29 is 0 Å². The molecule has 0 amide bonds. The van der Waals surface area contributed by atoms with Gasteiger partial charge in [-0.2, -0.15) is 0 Å². The Morgan fingerprint density at radius 3 is 2.73 bits per heavy atom. The first-order chi connectivity index (χ1) is 7.22. The zero-order chi connectivity index (χ0) is 10.8. The van der Waals surface area contributed by atoms with Crippen LogP contribution in [0.1, 0.15) is 26.4 Å². The largest absolute Gasteiger partial charge is 0.271 e. The van der Waals surface area contributed by atoms with Crippen molar-refractivity contribution >= 4 is 22.7 Å². The molecule has 3 N–H and O–H groups in total. The lowest BCUT2D eigenvalue weighted by atomic mass is 10.1. The Hall–Kier alpha value is -0.750. The molecule has 0 aromatic carbocycles. The van der Waals surface area contributed by atoms with Crippen molar-refractivity contribution in [3.8, 4) is 0 Å². The zero-order valence-electron chi connectivity index (χ0n) is 8.65. The zero-order valence-corrected chi connectivity index (χ0v) is 10.3. The van der Waals surface area contributed by atoms with Gasteiger partial charge in [0.05, 0.1) is 11.0 Å². The highest BCUT2D eigenvalue weighted by Crippen LogP contribution is 2.30. The van der Waals surface area contributed by atoms with Gasteiger partial charge in [0.15, 0.2) is 0 Å². The molecule has 2 aromatic heterocycles. The Morgan fingerprint density at radius 2 is 2.27 bits per heavy atom. The highest BCUT2D eigenvalue weighted by atomic mass is 32.1. The summed E-state index contributed by atoms with van der Waals surface area (Å²) in [4.78, 5) is 6.71. The molecule has 0 aliphatic heterocycles. The standard InChI is InChI=1S/C10H13N3S2/c1-6-8(3-4-14-6)10(13-11)9-5-12-7(2)15-9/h3-5,10,13H,11H2,1-2H3. The Kier molecular flexibility index (Phi) is 3.16. The van der Waals surface area contributed by atoms with Crippen molar-refractivity contribution in [1.82, 2.24) is 10.4 Å². The van der Waals surface area contributed by atoms with Crippen LogP contribution in [0, 0.1) is 13.8 Å². The number of hydrogen-bond donors (Lipinski definition) is 2. The number of aromatic nitrogens is 1. The fourth-order valence-electron chi connectivity index (χ4n) is 1.53. The van der Waals surface area contributed by atoms with E-state index in [9.17, 15) is 0 Å². The normalized spacial score (nSPS) is 13.0. The molecule has 15 heavy (non-hydrogen) atoms. The Labute approximate surface area is 96.9 Å². The van der Waals surface area contributed by atoms with Crippen molar-refractivity contribution in [2.24, 2.45) is 5.84 Å². The van der Waals surface area contributed by atoms with Crippen molar-refractivity contribution in [3.05, 3.63) is 38.0 Å². The van der Waals surface area contributed by atoms with Gasteiger partial charge in [0, 0.05) is 16.0 Å². The first-order valence-electron chi connectivity index (χ1n) is 4.65. The van der Waals surface area contributed by atoms with E-state index in [0.29, 0.717) is 0 Å². The molecule has 2 rings (SSSR count). The number of nitrogens with one attached hydrogen (secondary N) is 1. The van der Waals surface area contributed by atoms with Gasteiger partial charge in [-0.1, -0.05) is 0 Å². The van der Waals surface area contributed by atoms with Crippen LogP contribution in [0.15, 0.2) is 17.6 Å². The number of hydrazine groups is 1. The van der Waals surface area contributed by atoms with E-state index in [0.717, 1.165) is 9.88 Å². The minimum atomic E-state index is 0.0717. The summed E-state index contributed by atoms with van der Waals surface area (Å²) in [6.45, 7) is 4.11. The highest BCUT2D eigenvalue weighted by molar-refractivity contribution is 7.11. The molecule has 0 saturated carbocycles. The van der Waals surface area contributed by atoms with Crippen LogP contribution in [0.5, 0.6) is 0 Å². The number of thiophene rings is 1. The van der Waals surface area contributed by atoms with E-state index >= 15 is 0 Å². The van der Waals surface area contributed by atoms with Crippen molar-refractivity contribution in [2.45, 2.75) is 19.9 Å². The van der Waals surface area contributed by atoms with Crippen LogP contribution in [0.25, 0.3) is 0 Å². The van der Waals surface area contributed by atoms with Crippen LogP contribution in [-0.2, 0) is 0 Å². The summed E-state index contributed by atoms with van der Waals surface area (Å²) >= 11 is 3.42. The lowest BCUT2D eigenvalue weighted by Crippen LogP contribution is -2.28. The number of thiazole rings is 1. The first-order valence-corrected chi connectivity index (χ1v) is 6.34. The molecule has 5 heteroatoms. The summed E-state index contributed by atoms with van der Waals surface area (Å²) in [6, 6.07) is 2.18. The second-order valence-corrected chi connectivity index (χ2v) is 5.70. The van der Waals surface area contributed by atoms with E-state index in [1.54, 1.807) is 22.7 Å². The summed E-state index contributed by atoms with van der Waals surface area (Å²) in [5.74, 6) is 5.61. The first kappa shape index (κ1) is 10.8. The van der Waals surface area contributed by atoms with Gasteiger partial charge in [-0.25, -0.2) is 10.4 Å². The maximum atomic E-state index is 5.61. The topological polar surface area (TPSA) is 50.9 Å². The van der Waals surface area contributed by atoms with Gasteiger partial charge in [0.25, 0.3) is 0 Å². The van der Waals surface area contributed by atoms with Crippen molar-refractivity contribution in [3.63, 3.8) is 0 Å². The number of nitrogens with two attached hydrogens (primary N) is 1. The van der Waals surface area contributed by atoms with E-state index in [1.165, 1.54) is 10.4 Å². The third-order valence-electron chi connectivity index (χ3n) is 2.30. The van der Waals surface area contributed by atoms with Crippen LogP contribution in [0.2, 0.25) is 0 Å².